The van der Waals surface area contributed by atoms with E-state index in [0.29, 0.717) is 17.5 Å². The Bertz CT molecular complexity index is 1480. The van der Waals surface area contributed by atoms with Crippen LogP contribution in [0.3, 0.4) is 0 Å². The fourth-order valence-corrected chi connectivity index (χ4v) is 4.45. The molecule has 33 heavy (non-hydrogen) atoms. The van der Waals surface area contributed by atoms with Crippen molar-refractivity contribution in [1.82, 2.24) is 4.98 Å². The number of allylic oxidation sites excluding steroid dienone is 1. The van der Waals surface area contributed by atoms with Crippen molar-refractivity contribution in [3.8, 4) is 16.9 Å². The molecule has 0 unspecified atom stereocenters. The first-order valence-corrected chi connectivity index (χ1v) is 11.6. The van der Waals surface area contributed by atoms with Gasteiger partial charge in [0.25, 0.3) is 0 Å². The highest BCUT2D eigenvalue weighted by Gasteiger charge is 2.16. The van der Waals surface area contributed by atoms with E-state index < -0.39 is 0 Å². The second kappa shape index (κ2) is 8.92. The number of carbonyl (C=O) groups is 1. The molecule has 3 aromatic carbocycles. The van der Waals surface area contributed by atoms with Gasteiger partial charge in [0.1, 0.15) is 11.3 Å². The molecular weight excluding hydrogens is 432 g/mol. The molecule has 0 bridgehead atoms. The summed E-state index contributed by atoms with van der Waals surface area (Å²) in [5.41, 5.74) is 4.46. The number of amides is 1. The average Bonchev–Trinajstić information content (AvgIpc) is 3.48. The number of rotatable bonds is 6. The lowest BCUT2D eigenvalue weighted by molar-refractivity contribution is -0.111. The minimum atomic E-state index is -0.230. The molecule has 0 fully saturated rings. The van der Waals surface area contributed by atoms with Crippen LogP contribution >= 0.6 is 11.3 Å². The van der Waals surface area contributed by atoms with Crippen LogP contribution in [0.15, 0.2) is 82.9 Å². The number of furan rings is 1. The van der Waals surface area contributed by atoms with Crippen LogP contribution in [0.1, 0.15) is 19.4 Å². The zero-order chi connectivity index (χ0) is 22.8. The van der Waals surface area contributed by atoms with E-state index in [0.717, 1.165) is 33.2 Å². The number of aromatic nitrogens is 1. The number of ether oxygens (including phenoxy) is 1. The molecule has 0 radical (unpaired) electrons. The Morgan fingerprint density at radius 1 is 1.15 bits per heavy atom. The molecular formula is C27H22N2O3S. The minimum absolute atomic E-state index is 0.230. The smallest absolute Gasteiger partial charge is 0.250 e. The molecule has 0 saturated carbocycles. The van der Waals surface area contributed by atoms with Crippen LogP contribution in [0.25, 0.3) is 38.4 Å². The first kappa shape index (κ1) is 21.0. The molecule has 5 rings (SSSR count). The highest BCUT2D eigenvalue weighted by atomic mass is 32.1. The maximum Gasteiger partial charge on any atom is 0.250 e. The molecule has 1 amide bonds. The van der Waals surface area contributed by atoms with Gasteiger partial charge in [-0.15, -0.1) is 11.3 Å². The Hall–Kier alpha value is -3.90. The summed E-state index contributed by atoms with van der Waals surface area (Å²) < 4.78 is 11.8. The van der Waals surface area contributed by atoms with Gasteiger partial charge in [-0.2, -0.15) is 0 Å². The van der Waals surface area contributed by atoms with Gasteiger partial charge in [0.2, 0.25) is 5.91 Å². The average molecular weight is 455 g/mol. The molecule has 6 heteroatoms. The summed E-state index contributed by atoms with van der Waals surface area (Å²) in [5.74, 6) is 0.451. The van der Waals surface area contributed by atoms with Crippen molar-refractivity contribution in [3.05, 3.63) is 84.1 Å². The Balaban J connectivity index is 1.57. The Morgan fingerprint density at radius 3 is 2.79 bits per heavy atom. The van der Waals surface area contributed by atoms with Gasteiger partial charge in [0.15, 0.2) is 5.13 Å². The molecule has 0 aliphatic heterocycles. The second-order valence-corrected chi connectivity index (χ2v) is 8.54. The van der Waals surface area contributed by atoms with E-state index in [-0.39, 0.29) is 5.91 Å². The van der Waals surface area contributed by atoms with E-state index in [1.54, 1.807) is 18.5 Å². The van der Waals surface area contributed by atoms with E-state index in [1.807, 2.05) is 43.5 Å². The minimum Gasteiger partial charge on any atom is -0.493 e. The van der Waals surface area contributed by atoms with Gasteiger partial charge in [-0.3, -0.25) is 10.1 Å². The number of nitrogens with zero attached hydrogens (tertiary/aromatic N) is 1. The normalized spacial score (nSPS) is 11.8. The summed E-state index contributed by atoms with van der Waals surface area (Å²) in [6.45, 7) is 4.35. The standard InChI is InChI=1S/C27H22N2O3S/c1-3-31-24-15-25-22(14-21(24)17(2)12-26(30)29-27-28-10-11-33-27)23(16-32-25)20-9-8-18-6-4-5-7-19(18)13-20/h4-16H,3H2,1-2H3,(H,28,29,30)/b17-12+. The van der Waals surface area contributed by atoms with Gasteiger partial charge in [0.05, 0.1) is 12.9 Å². The molecule has 0 aliphatic carbocycles. The van der Waals surface area contributed by atoms with E-state index in [4.69, 9.17) is 9.15 Å². The van der Waals surface area contributed by atoms with Crippen LogP contribution < -0.4 is 10.1 Å². The number of hydrogen-bond donors (Lipinski definition) is 1. The highest BCUT2D eigenvalue weighted by molar-refractivity contribution is 7.13. The zero-order valence-corrected chi connectivity index (χ0v) is 19.1. The largest absolute Gasteiger partial charge is 0.493 e. The van der Waals surface area contributed by atoms with Crippen molar-refractivity contribution in [2.75, 3.05) is 11.9 Å². The predicted molar refractivity (Wildman–Crippen MR) is 135 cm³/mol. The fraction of sp³-hybridized carbons (Fsp3) is 0.111. The van der Waals surface area contributed by atoms with Crippen molar-refractivity contribution in [1.29, 1.82) is 0 Å². The number of benzene rings is 3. The summed E-state index contributed by atoms with van der Waals surface area (Å²) in [4.78, 5) is 16.6. The Morgan fingerprint density at radius 2 is 2.00 bits per heavy atom. The molecule has 2 aromatic heterocycles. The van der Waals surface area contributed by atoms with Crippen LogP contribution in [0.4, 0.5) is 5.13 Å². The highest BCUT2D eigenvalue weighted by Crippen LogP contribution is 2.38. The second-order valence-electron chi connectivity index (χ2n) is 7.64. The number of thiazole rings is 1. The van der Waals surface area contributed by atoms with Gasteiger partial charge >= 0.3 is 0 Å². The van der Waals surface area contributed by atoms with Gasteiger partial charge in [0, 0.05) is 40.2 Å². The summed E-state index contributed by atoms with van der Waals surface area (Å²) >= 11 is 1.38. The Labute approximate surface area is 195 Å². The van der Waals surface area contributed by atoms with Gasteiger partial charge in [-0.25, -0.2) is 4.98 Å². The number of carbonyl (C=O) groups excluding carboxylic acids is 1. The van der Waals surface area contributed by atoms with Crippen molar-refractivity contribution >= 4 is 49.7 Å². The SMILES string of the molecule is CCOc1cc2occ(-c3ccc4ccccc4c3)c2cc1/C(C)=C/C(=O)Nc1nccs1. The molecule has 0 aliphatic rings. The van der Waals surface area contributed by atoms with Gasteiger partial charge < -0.3 is 9.15 Å². The maximum atomic E-state index is 12.5. The molecule has 0 saturated heterocycles. The number of fused-ring (bicyclic) bond motifs is 2. The first-order chi connectivity index (χ1) is 16.1. The third kappa shape index (κ3) is 4.25. The van der Waals surface area contributed by atoms with Crippen LogP contribution in [-0.2, 0) is 4.79 Å². The molecule has 2 heterocycles. The lowest BCUT2D eigenvalue weighted by Crippen LogP contribution is -2.08. The molecule has 1 N–H and O–H groups in total. The van der Waals surface area contributed by atoms with Gasteiger partial charge in [-0.1, -0.05) is 36.4 Å². The first-order valence-electron chi connectivity index (χ1n) is 10.7. The van der Waals surface area contributed by atoms with E-state index in [2.05, 4.69) is 40.6 Å². The number of nitrogens with one attached hydrogen (secondary N) is 1. The Kier molecular flexibility index (Phi) is 5.67. The lowest BCUT2D eigenvalue weighted by Gasteiger charge is -2.12. The summed E-state index contributed by atoms with van der Waals surface area (Å²) in [6.07, 6.45) is 5.01. The van der Waals surface area contributed by atoms with Crippen molar-refractivity contribution in [3.63, 3.8) is 0 Å². The molecule has 0 spiro atoms. The molecule has 0 atom stereocenters. The van der Waals surface area contributed by atoms with E-state index >= 15 is 0 Å². The maximum absolute atomic E-state index is 12.5. The summed E-state index contributed by atoms with van der Waals surface area (Å²) in [7, 11) is 0. The third-order valence-electron chi connectivity index (χ3n) is 5.47. The number of anilines is 1. The van der Waals surface area contributed by atoms with Crippen molar-refractivity contribution < 1.29 is 13.9 Å². The van der Waals surface area contributed by atoms with E-state index in [9.17, 15) is 4.79 Å². The topological polar surface area (TPSA) is 64.4 Å². The lowest BCUT2D eigenvalue weighted by atomic mass is 9.97. The fourth-order valence-electron chi connectivity index (χ4n) is 3.92. The monoisotopic (exact) mass is 454 g/mol. The molecule has 164 valence electrons. The predicted octanol–water partition coefficient (Wildman–Crippen LogP) is 7.15. The van der Waals surface area contributed by atoms with E-state index in [1.165, 1.54) is 22.1 Å². The molecule has 5 nitrogen and oxygen atoms in total. The van der Waals surface area contributed by atoms with Crippen molar-refractivity contribution in [2.45, 2.75) is 13.8 Å². The third-order valence-corrected chi connectivity index (χ3v) is 6.16. The zero-order valence-electron chi connectivity index (χ0n) is 18.3. The van der Waals surface area contributed by atoms with Crippen LogP contribution in [0.5, 0.6) is 5.75 Å². The van der Waals surface area contributed by atoms with Crippen molar-refractivity contribution in [2.24, 2.45) is 0 Å². The number of hydrogen-bond acceptors (Lipinski definition) is 5. The van der Waals surface area contributed by atoms with Crippen LogP contribution in [0, 0.1) is 0 Å². The summed E-state index contributed by atoms with van der Waals surface area (Å²) in [5, 5.41) is 8.51. The summed E-state index contributed by atoms with van der Waals surface area (Å²) in [6, 6.07) is 18.6. The van der Waals surface area contributed by atoms with Gasteiger partial charge in [-0.05, 0) is 47.9 Å². The molecule has 5 aromatic rings. The van der Waals surface area contributed by atoms with Crippen LogP contribution in [0.2, 0.25) is 0 Å². The van der Waals surface area contributed by atoms with Crippen LogP contribution in [-0.4, -0.2) is 17.5 Å². The quantitative estimate of drug-likeness (QED) is 0.277.